The number of nitrogens with two attached hydrogens (primary N) is 1. The molecule has 0 unspecified atom stereocenters. The van der Waals surface area contributed by atoms with E-state index >= 15 is 0 Å². The highest BCUT2D eigenvalue weighted by molar-refractivity contribution is 7.99. The Morgan fingerprint density at radius 2 is 1.05 bits per heavy atom. The van der Waals surface area contributed by atoms with Gasteiger partial charge in [-0.05, 0) is 47.8 Å². The molecule has 0 saturated carbocycles. The highest BCUT2D eigenvalue weighted by Crippen LogP contribution is 2.29. The topological polar surface area (TPSA) is 64.7 Å². The summed E-state index contributed by atoms with van der Waals surface area (Å²) in [4.78, 5) is 14.9. The zero-order chi connectivity index (χ0) is 14.5. The first kappa shape index (κ1) is 13.9. The van der Waals surface area contributed by atoms with Crippen LogP contribution >= 0.6 is 23.5 Å². The van der Waals surface area contributed by atoms with Crippen LogP contribution in [0.1, 0.15) is 0 Å². The third-order valence-electron chi connectivity index (χ3n) is 2.52. The van der Waals surface area contributed by atoms with Crippen LogP contribution in [0.15, 0.2) is 80.8 Å². The molecule has 3 rings (SSSR count). The van der Waals surface area contributed by atoms with Gasteiger partial charge in [0.05, 0.1) is 0 Å². The van der Waals surface area contributed by atoms with Crippen LogP contribution in [0, 0.1) is 0 Å². The molecule has 0 atom stereocenters. The van der Waals surface area contributed by atoms with Gasteiger partial charge in [0.1, 0.15) is 0 Å². The van der Waals surface area contributed by atoms with E-state index in [1.54, 1.807) is 0 Å². The molecule has 0 aliphatic rings. The van der Waals surface area contributed by atoms with Crippen LogP contribution in [-0.4, -0.2) is 15.0 Å². The van der Waals surface area contributed by atoms with E-state index in [2.05, 4.69) is 15.0 Å². The maximum atomic E-state index is 5.78. The summed E-state index contributed by atoms with van der Waals surface area (Å²) in [5.41, 5.74) is 5.78. The van der Waals surface area contributed by atoms with Crippen LogP contribution in [0.3, 0.4) is 0 Å². The molecule has 0 spiro atoms. The minimum Gasteiger partial charge on any atom is -0.368 e. The summed E-state index contributed by atoms with van der Waals surface area (Å²) in [7, 11) is 0. The molecule has 2 N–H and O–H groups in total. The Labute approximate surface area is 131 Å². The summed E-state index contributed by atoms with van der Waals surface area (Å²) in [6, 6.07) is 19.9. The minimum absolute atomic E-state index is 0.238. The van der Waals surface area contributed by atoms with Crippen LogP contribution < -0.4 is 5.73 Å². The van der Waals surface area contributed by atoms with E-state index in [1.807, 2.05) is 60.7 Å². The van der Waals surface area contributed by atoms with Crippen molar-refractivity contribution in [3.05, 3.63) is 60.7 Å². The Kier molecular flexibility index (Phi) is 4.37. The Morgan fingerprint density at radius 1 is 0.619 bits per heavy atom. The van der Waals surface area contributed by atoms with Crippen molar-refractivity contribution in [2.24, 2.45) is 0 Å². The molecule has 1 aromatic heterocycles. The van der Waals surface area contributed by atoms with Gasteiger partial charge in [-0.3, -0.25) is 0 Å². The van der Waals surface area contributed by atoms with Crippen LogP contribution in [0.4, 0.5) is 5.95 Å². The first-order valence-electron chi connectivity index (χ1n) is 6.27. The number of nitrogens with zero attached hydrogens (tertiary/aromatic N) is 3. The summed E-state index contributed by atoms with van der Waals surface area (Å²) < 4.78 is 0. The lowest BCUT2D eigenvalue weighted by Gasteiger charge is -2.04. The standard InChI is InChI=1S/C15H12N4S2/c16-13-17-14(20-11-7-3-1-4-8-11)19-15(18-13)21-12-9-5-2-6-10-12/h1-10H,(H2,16,17,18,19). The van der Waals surface area contributed by atoms with Gasteiger partial charge in [0, 0.05) is 9.79 Å². The molecule has 21 heavy (non-hydrogen) atoms. The number of anilines is 1. The van der Waals surface area contributed by atoms with Gasteiger partial charge < -0.3 is 5.73 Å². The molecule has 0 saturated heterocycles. The van der Waals surface area contributed by atoms with Crippen molar-refractivity contribution in [3.63, 3.8) is 0 Å². The predicted octanol–water partition coefficient (Wildman–Crippen LogP) is 3.76. The zero-order valence-corrected chi connectivity index (χ0v) is 12.6. The molecule has 3 aromatic rings. The van der Waals surface area contributed by atoms with E-state index in [1.165, 1.54) is 23.5 Å². The lowest BCUT2D eigenvalue weighted by atomic mass is 10.4. The van der Waals surface area contributed by atoms with Gasteiger partial charge >= 0.3 is 0 Å². The molecule has 4 nitrogen and oxygen atoms in total. The number of rotatable bonds is 4. The number of hydrogen-bond donors (Lipinski definition) is 1. The maximum Gasteiger partial charge on any atom is 0.225 e. The second-order valence-corrected chi connectivity index (χ2v) is 6.17. The fourth-order valence-corrected chi connectivity index (χ4v) is 3.24. The summed E-state index contributed by atoms with van der Waals surface area (Å²) >= 11 is 2.94. The Morgan fingerprint density at radius 3 is 1.48 bits per heavy atom. The SMILES string of the molecule is Nc1nc(Sc2ccccc2)nc(Sc2ccccc2)n1. The van der Waals surface area contributed by atoms with Crippen molar-refractivity contribution >= 4 is 29.5 Å². The average Bonchev–Trinajstić information content (AvgIpc) is 2.48. The number of nitrogen functional groups attached to an aromatic ring is 1. The zero-order valence-electron chi connectivity index (χ0n) is 11.0. The lowest BCUT2D eigenvalue weighted by molar-refractivity contribution is 0.813. The summed E-state index contributed by atoms with van der Waals surface area (Å²) in [6.07, 6.45) is 0. The largest absolute Gasteiger partial charge is 0.368 e. The van der Waals surface area contributed by atoms with Crippen molar-refractivity contribution in [1.29, 1.82) is 0 Å². The van der Waals surface area contributed by atoms with Crippen LogP contribution in [0.25, 0.3) is 0 Å². The van der Waals surface area contributed by atoms with E-state index in [0.29, 0.717) is 10.3 Å². The van der Waals surface area contributed by atoms with Gasteiger partial charge in [-0.1, -0.05) is 36.4 Å². The van der Waals surface area contributed by atoms with Gasteiger partial charge in [0.15, 0.2) is 10.3 Å². The summed E-state index contributed by atoms with van der Waals surface area (Å²) in [6.45, 7) is 0. The molecule has 0 bridgehead atoms. The lowest BCUT2D eigenvalue weighted by Crippen LogP contribution is -2.00. The quantitative estimate of drug-likeness (QED) is 0.791. The van der Waals surface area contributed by atoms with Crippen molar-refractivity contribution in [3.8, 4) is 0 Å². The number of hydrogen-bond acceptors (Lipinski definition) is 6. The van der Waals surface area contributed by atoms with E-state index in [9.17, 15) is 0 Å². The Balaban J connectivity index is 1.83. The molecule has 0 fully saturated rings. The second kappa shape index (κ2) is 6.60. The minimum atomic E-state index is 0.238. The first-order chi connectivity index (χ1) is 10.3. The maximum absolute atomic E-state index is 5.78. The molecule has 6 heteroatoms. The van der Waals surface area contributed by atoms with Gasteiger partial charge in [-0.2, -0.15) is 15.0 Å². The van der Waals surface area contributed by atoms with E-state index < -0.39 is 0 Å². The smallest absolute Gasteiger partial charge is 0.225 e. The van der Waals surface area contributed by atoms with Crippen LogP contribution in [0.5, 0.6) is 0 Å². The molecule has 2 aromatic carbocycles. The van der Waals surface area contributed by atoms with Gasteiger partial charge in [0.2, 0.25) is 5.95 Å². The van der Waals surface area contributed by atoms with Crippen molar-refractivity contribution < 1.29 is 0 Å². The average molecular weight is 312 g/mol. The fourth-order valence-electron chi connectivity index (χ4n) is 1.63. The van der Waals surface area contributed by atoms with Gasteiger partial charge in [0.25, 0.3) is 0 Å². The second-order valence-electron chi connectivity index (χ2n) is 4.09. The third kappa shape index (κ3) is 3.96. The number of benzene rings is 2. The monoisotopic (exact) mass is 312 g/mol. The number of aromatic nitrogens is 3. The summed E-state index contributed by atoms with van der Waals surface area (Å²) in [5, 5.41) is 1.21. The normalized spacial score (nSPS) is 10.5. The molecular formula is C15H12N4S2. The van der Waals surface area contributed by atoms with Crippen LogP contribution in [-0.2, 0) is 0 Å². The highest BCUT2D eigenvalue weighted by Gasteiger charge is 2.07. The molecule has 0 amide bonds. The van der Waals surface area contributed by atoms with E-state index in [-0.39, 0.29) is 5.95 Å². The molecule has 0 aliphatic carbocycles. The van der Waals surface area contributed by atoms with Crippen LogP contribution in [0.2, 0.25) is 0 Å². The Bertz CT molecular complexity index is 661. The van der Waals surface area contributed by atoms with E-state index in [4.69, 9.17) is 5.73 Å². The third-order valence-corrected chi connectivity index (χ3v) is 4.26. The molecule has 104 valence electrons. The summed E-state index contributed by atoms with van der Waals surface area (Å²) in [5.74, 6) is 0.238. The molecular weight excluding hydrogens is 300 g/mol. The Hall–Kier alpha value is -2.05. The van der Waals surface area contributed by atoms with Gasteiger partial charge in [-0.25, -0.2) is 0 Å². The first-order valence-corrected chi connectivity index (χ1v) is 7.90. The van der Waals surface area contributed by atoms with Crippen molar-refractivity contribution in [2.45, 2.75) is 20.1 Å². The van der Waals surface area contributed by atoms with E-state index in [0.717, 1.165) is 9.79 Å². The van der Waals surface area contributed by atoms with Crippen molar-refractivity contribution in [1.82, 2.24) is 15.0 Å². The predicted molar refractivity (Wildman–Crippen MR) is 85.4 cm³/mol. The molecule has 0 aliphatic heterocycles. The molecule has 0 radical (unpaired) electrons. The van der Waals surface area contributed by atoms with Gasteiger partial charge in [-0.15, -0.1) is 0 Å². The highest BCUT2D eigenvalue weighted by atomic mass is 32.2. The van der Waals surface area contributed by atoms with Crippen molar-refractivity contribution in [2.75, 3.05) is 5.73 Å². The fraction of sp³-hybridized carbons (Fsp3) is 0. The molecule has 1 heterocycles.